The molecule has 0 heterocycles. The molecular formula is C19H23ClN2O2. The summed E-state index contributed by atoms with van der Waals surface area (Å²) in [7, 11) is 3.99. The second kappa shape index (κ2) is 8.71. The summed E-state index contributed by atoms with van der Waals surface area (Å²) in [6, 6.07) is 15.0. The van der Waals surface area contributed by atoms with Crippen LogP contribution in [0.1, 0.15) is 28.9 Å². The molecule has 0 spiro atoms. The van der Waals surface area contributed by atoms with Crippen LogP contribution < -0.4 is 10.1 Å². The lowest BCUT2D eigenvalue weighted by atomic mass is 10.1. The Morgan fingerprint density at radius 3 is 2.50 bits per heavy atom. The Labute approximate surface area is 148 Å². The molecule has 1 N–H and O–H groups in total. The molecule has 0 saturated carbocycles. The molecule has 0 fully saturated rings. The summed E-state index contributed by atoms with van der Waals surface area (Å²) < 4.78 is 5.47. The monoisotopic (exact) mass is 346 g/mol. The molecule has 0 bridgehead atoms. The Morgan fingerprint density at radius 2 is 1.92 bits per heavy atom. The van der Waals surface area contributed by atoms with Crippen LogP contribution in [-0.4, -0.2) is 38.1 Å². The fraction of sp³-hybridized carbons (Fsp3) is 0.316. The molecule has 0 aliphatic rings. The van der Waals surface area contributed by atoms with Gasteiger partial charge in [0.15, 0.2) is 0 Å². The summed E-state index contributed by atoms with van der Waals surface area (Å²) in [6.07, 6.45) is 0. The van der Waals surface area contributed by atoms with Crippen molar-refractivity contribution in [2.24, 2.45) is 0 Å². The van der Waals surface area contributed by atoms with Crippen LogP contribution in [-0.2, 0) is 0 Å². The van der Waals surface area contributed by atoms with Crippen LogP contribution in [0, 0.1) is 0 Å². The first-order valence-corrected chi connectivity index (χ1v) is 8.32. The van der Waals surface area contributed by atoms with Crippen LogP contribution >= 0.6 is 11.6 Å². The molecular weight excluding hydrogens is 324 g/mol. The Kier molecular flexibility index (Phi) is 6.64. The number of amides is 1. The van der Waals surface area contributed by atoms with E-state index in [0.717, 1.165) is 11.3 Å². The molecule has 2 aromatic rings. The number of nitrogens with zero attached hydrogens (tertiary/aromatic N) is 1. The molecule has 0 aromatic heterocycles. The summed E-state index contributed by atoms with van der Waals surface area (Å²) in [4.78, 5) is 14.4. The van der Waals surface area contributed by atoms with E-state index in [1.54, 1.807) is 24.3 Å². The number of ether oxygens (including phenoxy) is 1. The van der Waals surface area contributed by atoms with Crippen molar-refractivity contribution < 1.29 is 9.53 Å². The maximum atomic E-state index is 12.3. The zero-order chi connectivity index (χ0) is 17.5. The molecule has 1 amide bonds. The van der Waals surface area contributed by atoms with Crippen molar-refractivity contribution in [3.8, 4) is 5.75 Å². The van der Waals surface area contributed by atoms with Crippen molar-refractivity contribution in [3.05, 3.63) is 64.7 Å². The average molecular weight is 347 g/mol. The van der Waals surface area contributed by atoms with Crippen molar-refractivity contribution in [2.75, 3.05) is 27.2 Å². The minimum Gasteiger partial charge on any atom is -0.494 e. The third-order valence-corrected chi connectivity index (χ3v) is 3.98. The van der Waals surface area contributed by atoms with Crippen molar-refractivity contribution in [2.45, 2.75) is 13.0 Å². The first-order valence-electron chi connectivity index (χ1n) is 7.94. The van der Waals surface area contributed by atoms with Gasteiger partial charge in [0.2, 0.25) is 0 Å². The van der Waals surface area contributed by atoms with Crippen LogP contribution in [0.3, 0.4) is 0 Å². The summed E-state index contributed by atoms with van der Waals surface area (Å²) in [5.41, 5.74) is 1.68. The third-order valence-electron chi connectivity index (χ3n) is 3.74. The molecule has 0 aliphatic carbocycles. The van der Waals surface area contributed by atoms with E-state index >= 15 is 0 Å². The molecule has 0 radical (unpaired) electrons. The number of carbonyl (C=O) groups excluding carboxylic acids is 1. The van der Waals surface area contributed by atoms with Gasteiger partial charge in [-0.05, 0) is 56.9 Å². The highest BCUT2D eigenvalue weighted by molar-refractivity contribution is 6.30. The smallest absolute Gasteiger partial charge is 0.251 e. The van der Waals surface area contributed by atoms with Gasteiger partial charge in [0.05, 0.1) is 12.6 Å². The SMILES string of the molecule is CCOc1ccc(C(CNC(=O)c2cccc(Cl)c2)N(C)C)cc1. The summed E-state index contributed by atoms with van der Waals surface area (Å²) in [5.74, 6) is 0.719. The predicted octanol–water partition coefficient (Wildman–Crippen LogP) is 3.77. The minimum atomic E-state index is -0.129. The molecule has 4 nitrogen and oxygen atoms in total. The molecule has 0 aliphatic heterocycles. The lowest BCUT2D eigenvalue weighted by Crippen LogP contribution is -2.34. The quantitative estimate of drug-likeness (QED) is 0.829. The number of rotatable bonds is 7. The van der Waals surface area contributed by atoms with Gasteiger partial charge in [-0.2, -0.15) is 0 Å². The van der Waals surface area contributed by atoms with Gasteiger partial charge in [0, 0.05) is 17.1 Å². The highest BCUT2D eigenvalue weighted by Crippen LogP contribution is 2.21. The van der Waals surface area contributed by atoms with Crippen LogP contribution in [0.4, 0.5) is 0 Å². The van der Waals surface area contributed by atoms with E-state index in [2.05, 4.69) is 10.2 Å². The normalized spacial score (nSPS) is 12.0. The van der Waals surface area contributed by atoms with Gasteiger partial charge >= 0.3 is 0 Å². The Hall–Kier alpha value is -2.04. The maximum absolute atomic E-state index is 12.3. The highest BCUT2D eigenvalue weighted by Gasteiger charge is 2.16. The van der Waals surface area contributed by atoms with E-state index in [4.69, 9.17) is 16.3 Å². The van der Waals surface area contributed by atoms with Crippen LogP contribution in [0.5, 0.6) is 5.75 Å². The largest absolute Gasteiger partial charge is 0.494 e. The van der Waals surface area contributed by atoms with E-state index in [-0.39, 0.29) is 11.9 Å². The molecule has 128 valence electrons. The van der Waals surface area contributed by atoms with Crippen molar-refractivity contribution in [1.29, 1.82) is 0 Å². The molecule has 1 atom stereocenters. The topological polar surface area (TPSA) is 41.6 Å². The Bertz CT molecular complexity index is 671. The molecule has 5 heteroatoms. The first-order chi connectivity index (χ1) is 11.5. The number of carbonyl (C=O) groups is 1. The second-order valence-corrected chi connectivity index (χ2v) is 6.14. The summed E-state index contributed by atoms with van der Waals surface area (Å²) in [5, 5.41) is 3.53. The van der Waals surface area contributed by atoms with E-state index in [1.807, 2.05) is 45.3 Å². The third kappa shape index (κ3) is 4.98. The molecule has 1 unspecified atom stereocenters. The van der Waals surface area contributed by atoms with Gasteiger partial charge in [-0.1, -0.05) is 29.8 Å². The summed E-state index contributed by atoms with van der Waals surface area (Å²) >= 11 is 5.94. The number of hydrogen-bond acceptors (Lipinski definition) is 3. The van der Waals surface area contributed by atoms with Gasteiger partial charge in [0.25, 0.3) is 5.91 Å². The van der Waals surface area contributed by atoms with Gasteiger partial charge in [0.1, 0.15) is 5.75 Å². The molecule has 0 saturated heterocycles. The maximum Gasteiger partial charge on any atom is 0.251 e. The number of benzene rings is 2. The summed E-state index contributed by atoms with van der Waals surface area (Å²) in [6.45, 7) is 3.11. The Morgan fingerprint density at radius 1 is 1.21 bits per heavy atom. The van der Waals surface area contributed by atoms with E-state index in [1.165, 1.54) is 0 Å². The average Bonchev–Trinajstić information content (AvgIpc) is 2.56. The van der Waals surface area contributed by atoms with Crippen LogP contribution in [0.2, 0.25) is 5.02 Å². The predicted molar refractivity (Wildman–Crippen MR) is 97.8 cm³/mol. The van der Waals surface area contributed by atoms with Gasteiger partial charge < -0.3 is 15.0 Å². The van der Waals surface area contributed by atoms with Gasteiger partial charge in [-0.15, -0.1) is 0 Å². The minimum absolute atomic E-state index is 0.0730. The molecule has 2 rings (SSSR count). The zero-order valence-electron chi connectivity index (χ0n) is 14.3. The lowest BCUT2D eigenvalue weighted by molar-refractivity contribution is 0.0942. The number of nitrogens with one attached hydrogen (secondary N) is 1. The van der Waals surface area contributed by atoms with Gasteiger partial charge in [-0.3, -0.25) is 4.79 Å². The molecule has 2 aromatic carbocycles. The molecule has 24 heavy (non-hydrogen) atoms. The fourth-order valence-corrected chi connectivity index (χ4v) is 2.66. The van der Waals surface area contributed by atoms with E-state index < -0.39 is 0 Å². The zero-order valence-corrected chi connectivity index (χ0v) is 15.0. The van der Waals surface area contributed by atoms with Crippen molar-refractivity contribution in [3.63, 3.8) is 0 Å². The van der Waals surface area contributed by atoms with E-state index in [9.17, 15) is 4.79 Å². The number of likely N-dealkylation sites (N-methyl/N-ethyl adjacent to an activating group) is 1. The lowest BCUT2D eigenvalue weighted by Gasteiger charge is -2.25. The van der Waals surface area contributed by atoms with Gasteiger partial charge in [-0.25, -0.2) is 0 Å². The van der Waals surface area contributed by atoms with E-state index in [0.29, 0.717) is 23.7 Å². The number of hydrogen-bond donors (Lipinski definition) is 1. The highest BCUT2D eigenvalue weighted by atomic mass is 35.5. The Balaban J connectivity index is 2.04. The van der Waals surface area contributed by atoms with Crippen molar-refractivity contribution >= 4 is 17.5 Å². The van der Waals surface area contributed by atoms with Crippen LogP contribution in [0.25, 0.3) is 0 Å². The fourth-order valence-electron chi connectivity index (χ4n) is 2.47. The first kappa shape index (κ1) is 18.3. The van der Waals surface area contributed by atoms with Crippen LogP contribution in [0.15, 0.2) is 48.5 Å². The number of halogens is 1. The van der Waals surface area contributed by atoms with Crippen molar-refractivity contribution in [1.82, 2.24) is 10.2 Å². The second-order valence-electron chi connectivity index (χ2n) is 5.70. The standard InChI is InChI=1S/C19H23ClN2O2/c1-4-24-17-10-8-14(9-11-17)18(22(2)3)13-21-19(23)15-6-5-7-16(20)12-15/h5-12,18H,4,13H2,1-3H3,(H,21,23).